The quantitative estimate of drug-likeness (QED) is 0.763. The second kappa shape index (κ2) is 8.70. The van der Waals surface area contributed by atoms with Crippen LogP contribution in [-0.4, -0.2) is 43.6 Å². The Kier molecular flexibility index (Phi) is 6.31. The first-order valence-corrected chi connectivity index (χ1v) is 10.7. The van der Waals surface area contributed by atoms with Gasteiger partial charge in [0.05, 0.1) is 10.5 Å². The molecule has 1 saturated heterocycles. The second-order valence-corrected chi connectivity index (χ2v) is 8.56. The van der Waals surface area contributed by atoms with Crippen LogP contribution in [0.2, 0.25) is 5.15 Å². The van der Waals surface area contributed by atoms with Gasteiger partial charge in [0.15, 0.2) is 0 Å². The lowest BCUT2D eigenvalue weighted by Crippen LogP contribution is -2.26. The summed E-state index contributed by atoms with van der Waals surface area (Å²) in [5, 5.41) is 2.95. The van der Waals surface area contributed by atoms with Crippen LogP contribution < -0.4 is 5.32 Å². The standard InChI is InChI=1S/C19H21ClN4O3S/c1-24-11-4-2-3-8-18(24)23-28(26,27)16-7-5-6-15(12-16)22-19(25)14-9-10-17(20)21-13-14/h5-7,9-10,12-13H,2-4,8,11H2,1H3,(H,22,25)/b23-18+. The van der Waals surface area contributed by atoms with Gasteiger partial charge in [-0.3, -0.25) is 4.79 Å². The number of halogens is 1. The maximum atomic E-state index is 12.8. The van der Waals surface area contributed by atoms with Crippen molar-refractivity contribution >= 4 is 39.1 Å². The molecule has 1 N–H and O–H groups in total. The fourth-order valence-corrected chi connectivity index (χ4v) is 4.14. The first kappa shape index (κ1) is 20.3. The summed E-state index contributed by atoms with van der Waals surface area (Å²) < 4.78 is 29.5. The molecule has 0 aliphatic carbocycles. The zero-order valence-corrected chi connectivity index (χ0v) is 17.0. The van der Waals surface area contributed by atoms with Crippen LogP contribution >= 0.6 is 11.6 Å². The summed E-state index contributed by atoms with van der Waals surface area (Å²) in [4.78, 5) is 18.1. The largest absolute Gasteiger partial charge is 0.362 e. The van der Waals surface area contributed by atoms with E-state index < -0.39 is 15.9 Å². The summed E-state index contributed by atoms with van der Waals surface area (Å²) in [5.74, 6) is 0.160. The summed E-state index contributed by atoms with van der Waals surface area (Å²) in [6.07, 6.45) is 4.99. The molecule has 0 unspecified atom stereocenters. The number of rotatable bonds is 4. The van der Waals surface area contributed by atoms with Gasteiger partial charge in [0.1, 0.15) is 11.0 Å². The van der Waals surface area contributed by atoms with Gasteiger partial charge in [0.25, 0.3) is 15.9 Å². The van der Waals surface area contributed by atoms with Crippen molar-refractivity contribution in [2.24, 2.45) is 4.40 Å². The van der Waals surface area contributed by atoms with Crippen LogP contribution in [0, 0.1) is 0 Å². The minimum Gasteiger partial charge on any atom is -0.362 e. The van der Waals surface area contributed by atoms with Crippen LogP contribution in [0.25, 0.3) is 0 Å². The van der Waals surface area contributed by atoms with Crippen LogP contribution in [0.15, 0.2) is 51.9 Å². The molecule has 1 aromatic heterocycles. The molecule has 0 spiro atoms. The van der Waals surface area contributed by atoms with E-state index >= 15 is 0 Å². The molecule has 7 nitrogen and oxygen atoms in total. The predicted octanol–water partition coefficient (Wildman–Crippen LogP) is 3.58. The summed E-state index contributed by atoms with van der Waals surface area (Å²) in [6, 6.07) is 9.10. The topological polar surface area (TPSA) is 91.7 Å². The molecule has 0 bridgehead atoms. The van der Waals surface area contributed by atoms with Gasteiger partial charge in [-0.05, 0) is 43.2 Å². The van der Waals surface area contributed by atoms with Gasteiger partial charge >= 0.3 is 0 Å². The van der Waals surface area contributed by atoms with E-state index in [1.807, 2.05) is 11.9 Å². The number of hydrogen-bond donors (Lipinski definition) is 1. The van der Waals surface area contributed by atoms with Crippen LogP contribution in [0.3, 0.4) is 0 Å². The number of carbonyl (C=O) groups is 1. The number of nitrogens with one attached hydrogen (secondary N) is 1. The van der Waals surface area contributed by atoms with E-state index in [-0.39, 0.29) is 10.0 Å². The van der Waals surface area contributed by atoms with Crippen molar-refractivity contribution in [3.8, 4) is 0 Å². The number of pyridine rings is 1. The highest BCUT2D eigenvalue weighted by Gasteiger charge is 2.19. The Bertz CT molecular complexity index is 990. The van der Waals surface area contributed by atoms with Crippen molar-refractivity contribution < 1.29 is 13.2 Å². The lowest BCUT2D eigenvalue weighted by Gasteiger charge is -2.17. The van der Waals surface area contributed by atoms with Crippen molar-refractivity contribution in [2.75, 3.05) is 18.9 Å². The Morgan fingerprint density at radius 2 is 2.04 bits per heavy atom. The first-order chi connectivity index (χ1) is 13.3. The van der Waals surface area contributed by atoms with Crippen LogP contribution in [0.5, 0.6) is 0 Å². The van der Waals surface area contributed by atoms with Gasteiger partial charge in [0.2, 0.25) is 0 Å². The Labute approximate surface area is 169 Å². The molecule has 1 fully saturated rings. The fraction of sp³-hybridized carbons (Fsp3) is 0.316. The van der Waals surface area contributed by atoms with Crippen molar-refractivity contribution in [1.29, 1.82) is 0 Å². The van der Waals surface area contributed by atoms with Gasteiger partial charge < -0.3 is 10.2 Å². The molecule has 0 saturated carbocycles. The smallest absolute Gasteiger partial charge is 0.284 e. The Balaban J connectivity index is 1.81. The summed E-state index contributed by atoms with van der Waals surface area (Å²) in [7, 11) is -2.01. The van der Waals surface area contributed by atoms with E-state index in [0.717, 1.165) is 25.8 Å². The Hall–Kier alpha value is -2.45. The molecule has 9 heteroatoms. The number of anilines is 1. The van der Waals surface area contributed by atoms with E-state index in [1.54, 1.807) is 18.2 Å². The average molecular weight is 421 g/mol. The van der Waals surface area contributed by atoms with Gasteiger partial charge in [-0.25, -0.2) is 4.98 Å². The molecule has 1 amide bonds. The highest BCUT2D eigenvalue weighted by Crippen LogP contribution is 2.20. The van der Waals surface area contributed by atoms with E-state index in [0.29, 0.717) is 23.5 Å². The van der Waals surface area contributed by atoms with Gasteiger partial charge in [-0.15, -0.1) is 4.40 Å². The molecule has 0 radical (unpaired) electrons. The lowest BCUT2D eigenvalue weighted by molar-refractivity contribution is 0.102. The number of benzene rings is 1. The van der Waals surface area contributed by atoms with Crippen LogP contribution in [0.4, 0.5) is 5.69 Å². The lowest BCUT2D eigenvalue weighted by atomic mass is 10.2. The number of sulfonamides is 1. The maximum Gasteiger partial charge on any atom is 0.284 e. The number of nitrogens with zero attached hydrogens (tertiary/aromatic N) is 3. The molecule has 0 atom stereocenters. The highest BCUT2D eigenvalue weighted by atomic mass is 35.5. The highest BCUT2D eigenvalue weighted by molar-refractivity contribution is 7.90. The summed E-state index contributed by atoms with van der Waals surface area (Å²) in [6.45, 7) is 0.791. The third kappa shape index (κ3) is 5.08. The van der Waals surface area contributed by atoms with Gasteiger partial charge in [0, 0.05) is 31.9 Å². The number of amides is 1. The number of aromatic nitrogens is 1. The molecular weight excluding hydrogens is 400 g/mol. The fourth-order valence-electron chi connectivity index (χ4n) is 2.88. The van der Waals surface area contributed by atoms with Crippen molar-refractivity contribution in [2.45, 2.75) is 30.6 Å². The summed E-state index contributed by atoms with van der Waals surface area (Å²) >= 11 is 5.72. The van der Waals surface area contributed by atoms with Crippen LogP contribution in [-0.2, 0) is 10.0 Å². The third-order valence-electron chi connectivity index (χ3n) is 4.44. The van der Waals surface area contributed by atoms with E-state index in [4.69, 9.17) is 11.6 Å². The Morgan fingerprint density at radius 1 is 1.21 bits per heavy atom. The minimum atomic E-state index is -3.87. The van der Waals surface area contributed by atoms with E-state index in [2.05, 4.69) is 14.7 Å². The molecule has 3 rings (SSSR count). The normalized spacial score (nSPS) is 16.6. The first-order valence-electron chi connectivity index (χ1n) is 8.93. The number of carbonyl (C=O) groups excluding carboxylic acids is 1. The maximum absolute atomic E-state index is 12.8. The zero-order chi connectivity index (χ0) is 20.1. The molecule has 148 valence electrons. The van der Waals surface area contributed by atoms with Gasteiger partial charge in [-0.1, -0.05) is 24.1 Å². The molecule has 1 aliphatic rings. The van der Waals surface area contributed by atoms with Crippen molar-refractivity contribution in [3.05, 3.63) is 53.3 Å². The summed E-state index contributed by atoms with van der Waals surface area (Å²) in [5.41, 5.74) is 0.674. The van der Waals surface area contributed by atoms with Crippen molar-refractivity contribution in [3.63, 3.8) is 0 Å². The minimum absolute atomic E-state index is 0.0321. The average Bonchev–Trinajstić information content (AvgIpc) is 2.86. The molecular formula is C19H21ClN4O3S. The zero-order valence-electron chi connectivity index (χ0n) is 15.4. The molecule has 28 heavy (non-hydrogen) atoms. The van der Waals surface area contributed by atoms with Crippen LogP contribution in [0.1, 0.15) is 36.0 Å². The molecule has 1 aliphatic heterocycles. The number of likely N-dealkylation sites (tertiary alicyclic amines) is 1. The molecule has 1 aromatic carbocycles. The van der Waals surface area contributed by atoms with Gasteiger partial charge in [-0.2, -0.15) is 8.42 Å². The molecule has 2 aromatic rings. The van der Waals surface area contributed by atoms with E-state index in [9.17, 15) is 13.2 Å². The Morgan fingerprint density at radius 3 is 2.79 bits per heavy atom. The predicted molar refractivity (Wildman–Crippen MR) is 109 cm³/mol. The number of amidine groups is 1. The third-order valence-corrected chi connectivity index (χ3v) is 5.96. The van der Waals surface area contributed by atoms with Crippen molar-refractivity contribution in [1.82, 2.24) is 9.88 Å². The SMILES string of the molecule is CN1CCCCC/C1=N\S(=O)(=O)c1cccc(NC(=O)c2ccc(Cl)nc2)c1. The number of hydrogen-bond acceptors (Lipinski definition) is 4. The monoisotopic (exact) mass is 420 g/mol. The molecule has 2 heterocycles. The van der Waals surface area contributed by atoms with E-state index in [1.165, 1.54) is 24.4 Å². The second-order valence-electron chi connectivity index (χ2n) is 6.57.